The second kappa shape index (κ2) is 7.40. The van der Waals surface area contributed by atoms with E-state index < -0.39 is 5.91 Å². The van der Waals surface area contributed by atoms with Crippen LogP contribution in [-0.2, 0) is 4.79 Å². The molecule has 0 aliphatic carbocycles. The number of amides is 2. The Morgan fingerprint density at radius 3 is 2.67 bits per heavy atom. The van der Waals surface area contributed by atoms with Gasteiger partial charge >= 0.3 is 0 Å². The highest BCUT2D eigenvalue weighted by Crippen LogP contribution is 2.35. The maximum Gasteiger partial charge on any atom is 0.255 e. The van der Waals surface area contributed by atoms with Crippen molar-refractivity contribution in [2.45, 2.75) is 17.4 Å². The predicted molar refractivity (Wildman–Crippen MR) is 93.1 cm³/mol. The van der Waals surface area contributed by atoms with Crippen molar-refractivity contribution in [1.29, 1.82) is 0 Å². The first kappa shape index (κ1) is 16.4. The smallest absolute Gasteiger partial charge is 0.255 e. The van der Waals surface area contributed by atoms with Crippen molar-refractivity contribution in [3.05, 3.63) is 59.7 Å². The molecule has 5 nitrogen and oxygen atoms in total. The molecular weight excluding hydrogens is 324 g/mol. The fourth-order valence-electron chi connectivity index (χ4n) is 2.59. The number of fused-ring (bicyclic) bond motifs is 1. The summed E-state index contributed by atoms with van der Waals surface area (Å²) in [7, 11) is 0. The van der Waals surface area contributed by atoms with E-state index in [0.717, 1.165) is 12.2 Å². The van der Waals surface area contributed by atoms with Crippen molar-refractivity contribution in [2.24, 2.45) is 5.73 Å². The fourth-order valence-corrected chi connectivity index (χ4v) is 3.72. The molecule has 3 N–H and O–H groups in total. The second-order valence-electron chi connectivity index (χ2n) is 5.48. The number of carbonyl (C=O) groups is 2. The molecule has 0 saturated heterocycles. The van der Waals surface area contributed by atoms with E-state index >= 15 is 0 Å². The van der Waals surface area contributed by atoms with Gasteiger partial charge in [-0.3, -0.25) is 9.59 Å². The van der Waals surface area contributed by atoms with Crippen molar-refractivity contribution < 1.29 is 14.3 Å². The average molecular weight is 342 g/mol. The molecule has 0 bridgehead atoms. The van der Waals surface area contributed by atoms with E-state index in [4.69, 9.17) is 10.5 Å². The SMILES string of the molecule is NC(=O)COc1ccc(C(=O)NC2CCSc3ccccc32)cc1. The first-order valence-corrected chi connectivity index (χ1v) is 8.66. The Labute approximate surface area is 144 Å². The lowest BCUT2D eigenvalue weighted by Crippen LogP contribution is -2.30. The molecule has 0 radical (unpaired) electrons. The molecule has 0 spiro atoms. The lowest BCUT2D eigenvalue weighted by molar-refractivity contribution is -0.119. The van der Waals surface area contributed by atoms with Crippen LogP contribution in [0.2, 0.25) is 0 Å². The zero-order valence-corrected chi connectivity index (χ0v) is 13.8. The summed E-state index contributed by atoms with van der Waals surface area (Å²) in [4.78, 5) is 24.4. The van der Waals surface area contributed by atoms with E-state index in [1.807, 2.05) is 23.9 Å². The number of hydrogen-bond donors (Lipinski definition) is 2. The number of hydrogen-bond acceptors (Lipinski definition) is 4. The Hall–Kier alpha value is -2.47. The number of primary amides is 1. The van der Waals surface area contributed by atoms with Gasteiger partial charge < -0.3 is 15.8 Å². The molecule has 24 heavy (non-hydrogen) atoms. The molecule has 0 fully saturated rings. The quantitative estimate of drug-likeness (QED) is 0.875. The normalized spacial score (nSPS) is 16.1. The summed E-state index contributed by atoms with van der Waals surface area (Å²) < 4.78 is 5.19. The molecule has 1 atom stereocenters. The van der Waals surface area contributed by atoms with Gasteiger partial charge in [-0.25, -0.2) is 0 Å². The summed E-state index contributed by atoms with van der Waals surface area (Å²) in [5.74, 6) is 0.834. The minimum atomic E-state index is -0.536. The Morgan fingerprint density at radius 2 is 1.92 bits per heavy atom. The van der Waals surface area contributed by atoms with Gasteiger partial charge in [-0.15, -0.1) is 11.8 Å². The Bertz CT molecular complexity index is 746. The first-order valence-electron chi connectivity index (χ1n) is 7.67. The highest BCUT2D eigenvalue weighted by atomic mass is 32.2. The van der Waals surface area contributed by atoms with Gasteiger partial charge in [0.1, 0.15) is 5.75 Å². The standard InChI is InChI=1S/C18H18N2O3S/c19-17(21)11-23-13-7-5-12(6-8-13)18(22)20-15-9-10-24-16-4-2-1-3-14(15)16/h1-8,15H,9-11H2,(H2,19,21)(H,20,22). The van der Waals surface area contributed by atoms with Gasteiger partial charge in [0.2, 0.25) is 0 Å². The average Bonchev–Trinajstić information content (AvgIpc) is 2.60. The Balaban J connectivity index is 1.66. The summed E-state index contributed by atoms with van der Waals surface area (Å²) in [6, 6.07) is 14.8. The van der Waals surface area contributed by atoms with Crippen LogP contribution < -0.4 is 15.8 Å². The summed E-state index contributed by atoms with van der Waals surface area (Å²) in [5, 5.41) is 3.09. The van der Waals surface area contributed by atoms with E-state index in [1.54, 1.807) is 24.3 Å². The van der Waals surface area contributed by atoms with Crippen LogP contribution in [-0.4, -0.2) is 24.2 Å². The number of benzene rings is 2. The zero-order chi connectivity index (χ0) is 16.9. The summed E-state index contributed by atoms with van der Waals surface area (Å²) in [6.45, 7) is -0.179. The Kier molecular flexibility index (Phi) is 5.05. The van der Waals surface area contributed by atoms with Gasteiger partial charge in [0, 0.05) is 16.2 Å². The highest BCUT2D eigenvalue weighted by Gasteiger charge is 2.22. The van der Waals surface area contributed by atoms with Crippen LogP contribution >= 0.6 is 11.8 Å². The first-order chi connectivity index (χ1) is 11.6. The van der Waals surface area contributed by atoms with E-state index in [9.17, 15) is 9.59 Å². The molecular formula is C18H18N2O3S. The summed E-state index contributed by atoms with van der Waals surface area (Å²) >= 11 is 1.82. The van der Waals surface area contributed by atoms with Crippen molar-refractivity contribution in [3.8, 4) is 5.75 Å². The van der Waals surface area contributed by atoms with Gasteiger partial charge in [-0.05, 0) is 42.3 Å². The number of nitrogens with two attached hydrogens (primary N) is 1. The van der Waals surface area contributed by atoms with Gasteiger partial charge in [-0.1, -0.05) is 18.2 Å². The third-order valence-corrected chi connectivity index (χ3v) is 4.88. The molecule has 2 aromatic rings. The van der Waals surface area contributed by atoms with Crippen molar-refractivity contribution in [2.75, 3.05) is 12.4 Å². The lowest BCUT2D eigenvalue weighted by atomic mass is 10.0. The molecule has 1 heterocycles. The molecule has 124 valence electrons. The maximum absolute atomic E-state index is 12.5. The number of ether oxygens (including phenoxy) is 1. The molecule has 1 unspecified atom stereocenters. The van der Waals surface area contributed by atoms with E-state index in [0.29, 0.717) is 11.3 Å². The highest BCUT2D eigenvalue weighted by molar-refractivity contribution is 7.99. The van der Waals surface area contributed by atoms with Crippen molar-refractivity contribution >= 4 is 23.6 Å². The molecule has 3 rings (SSSR count). The third kappa shape index (κ3) is 3.89. The number of carbonyl (C=O) groups excluding carboxylic acids is 2. The third-order valence-electron chi connectivity index (χ3n) is 3.76. The molecule has 2 aromatic carbocycles. The minimum absolute atomic E-state index is 0.0285. The molecule has 0 saturated carbocycles. The van der Waals surface area contributed by atoms with Crippen LogP contribution in [0.1, 0.15) is 28.4 Å². The topological polar surface area (TPSA) is 81.4 Å². The fraction of sp³-hybridized carbons (Fsp3) is 0.222. The Morgan fingerprint density at radius 1 is 1.17 bits per heavy atom. The molecule has 2 amide bonds. The lowest BCUT2D eigenvalue weighted by Gasteiger charge is -2.25. The molecule has 0 aromatic heterocycles. The van der Waals surface area contributed by atoms with Gasteiger partial charge in [0.05, 0.1) is 6.04 Å². The minimum Gasteiger partial charge on any atom is -0.484 e. The van der Waals surface area contributed by atoms with Crippen LogP contribution in [0, 0.1) is 0 Å². The van der Waals surface area contributed by atoms with Crippen molar-refractivity contribution in [3.63, 3.8) is 0 Å². The van der Waals surface area contributed by atoms with E-state index in [1.165, 1.54) is 10.5 Å². The van der Waals surface area contributed by atoms with Crippen LogP contribution in [0.4, 0.5) is 0 Å². The van der Waals surface area contributed by atoms with Crippen LogP contribution in [0.5, 0.6) is 5.75 Å². The zero-order valence-electron chi connectivity index (χ0n) is 13.0. The molecule has 6 heteroatoms. The van der Waals surface area contributed by atoms with Gasteiger partial charge in [0.25, 0.3) is 11.8 Å². The van der Waals surface area contributed by atoms with Crippen LogP contribution in [0.25, 0.3) is 0 Å². The maximum atomic E-state index is 12.5. The number of rotatable bonds is 5. The van der Waals surface area contributed by atoms with E-state index in [-0.39, 0.29) is 18.6 Å². The second-order valence-corrected chi connectivity index (χ2v) is 6.62. The predicted octanol–water partition coefficient (Wildman–Crippen LogP) is 2.52. The van der Waals surface area contributed by atoms with Gasteiger partial charge in [0.15, 0.2) is 6.61 Å². The number of nitrogens with one attached hydrogen (secondary N) is 1. The van der Waals surface area contributed by atoms with Crippen LogP contribution in [0.15, 0.2) is 53.4 Å². The van der Waals surface area contributed by atoms with Gasteiger partial charge in [-0.2, -0.15) is 0 Å². The monoisotopic (exact) mass is 342 g/mol. The number of thioether (sulfide) groups is 1. The van der Waals surface area contributed by atoms with Crippen molar-refractivity contribution in [1.82, 2.24) is 5.32 Å². The van der Waals surface area contributed by atoms with E-state index in [2.05, 4.69) is 17.4 Å². The largest absolute Gasteiger partial charge is 0.484 e. The van der Waals surface area contributed by atoms with Crippen LogP contribution in [0.3, 0.4) is 0 Å². The summed E-state index contributed by atoms with van der Waals surface area (Å²) in [6.07, 6.45) is 0.910. The molecule has 1 aliphatic rings. The summed E-state index contributed by atoms with van der Waals surface area (Å²) in [5.41, 5.74) is 6.75. The molecule has 1 aliphatic heterocycles.